The number of rotatable bonds is 4. The lowest BCUT2D eigenvalue weighted by atomic mass is 9.90. The lowest BCUT2D eigenvalue weighted by molar-refractivity contribution is -0.118. The van der Waals surface area contributed by atoms with E-state index >= 15 is 0 Å². The van der Waals surface area contributed by atoms with Crippen LogP contribution in [0.3, 0.4) is 0 Å². The van der Waals surface area contributed by atoms with Gasteiger partial charge in [0.2, 0.25) is 9.05 Å². The molecule has 0 aromatic heterocycles. The normalized spacial score (nSPS) is 13.0. The lowest BCUT2D eigenvalue weighted by Gasteiger charge is -2.20. The van der Waals surface area contributed by atoms with Crippen molar-refractivity contribution in [1.82, 2.24) is 0 Å². The average Bonchev–Trinajstić information content (AvgIpc) is 1.48. The summed E-state index contributed by atoms with van der Waals surface area (Å²) in [6.45, 7) is 4.84. The molecule has 0 unspecified atom stereocenters. The first-order valence-electron chi connectivity index (χ1n) is 3.54. The van der Waals surface area contributed by atoms with Crippen LogP contribution in [0.1, 0.15) is 27.2 Å². The maximum absolute atomic E-state index is 10.7. The molecule has 0 spiro atoms. The molecule has 72 valence electrons. The molecule has 0 aliphatic carbocycles. The minimum absolute atomic E-state index is 0.0275. The summed E-state index contributed by atoms with van der Waals surface area (Å²) in [6.07, 6.45) is 0.235. The molecule has 0 radical (unpaired) electrons. The van der Waals surface area contributed by atoms with E-state index in [1.54, 1.807) is 13.8 Å². The highest BCUT2D eigenvalue weighted by molar-refractivity contribution is 8.13. The van der Waals surface area contributed by atoms with Gasteiger partial charge in [-0.2, -0.15) is 0 Å². The van der Waals surface area contributed by atoms with E-state index in [1.807, 2.05) is 0 Å². The summed E-state index contributed by atoms with van der Waals surface area (Å²) < 4.78 is 21.4. The zero-order chi connectivity index (χ0) is 9.99. The van der Waals surface area contributed by atoms with E-state index in [4.69, 9.17) is 10.7 Å². The van der Waals surface area contributed by atoms with Crippen molar-refractivity contribution in [3.8, 4) is 0 Å². The van der Waals surface area contributed by atoms with Gasteiger partial charge in [0.15, 0.2) is 0 Å². The molecule has 0 rings (SSSR count). The third kappa shape index (κ3) is 6.61. The van der Waals surface area contributed by atoms with Gasteiger partial charge in [-0.3, -0.25) is 0 Å². The summed E-state index contributed by atoms with van der Waals surface area (Å²) in [7, 11) is 1.55. The Hall–Kier alpha value is -0.0900. The van der Waals surface area contributed by atoms with Crippen molar-refractivity contribution in [2.45, 2.75) is 27.2 Å². The topological polar surface area (TPSA) is 51.2 Å². The second-order valence-corrected chi connectivity index (χ2v) is 6.50. The number of hydrogen-bond donors (Lipinski definition) is 0. The Balaban J connectivity index is 4.33. The van der Waals surface area contributed by atoms with Gasteiger partial charge in [0, 0.05) is 17.1 Å². The number of ketones is 1. The molecule has 0 bridgehead atoms. The van der Waals surface area contributed by atoms with Crippen molar-refractivity contribution >= 4 is 25.5 Å². The molecule has 0 heterocycles. The van der Waals surface area contributed by atoms with Gasteiger partial charge in [-0.15, -0.1) is 0 Å². The predicted molar refractivity (Wildman–Crippen MR) is 48.7 cm³/mol. The molecule has 0 aromatic rings. The standard InChI is InChI=1S/C7H13ClO3S/c1-6(9)4-7(2,3)5-12(8,10)11/h4-5H2,1-3H3. The van der Waals surface area contributed by atoms with E-state index in [0.717, 1.165) is 0 Å². The van der Waals surface area contributed by atoms with Crippen LogP contribution in [0.2, 0.25) is 0 Å². The van der Waals surface area contributed by atoms with Gasteiger partial charge in [-0.1, -0.05) is 13.8 Å². The van der Waals surface area contributed by atoms with Crippen molar-refractivity contribution in [2.75, 3.05) is 5.75 Å². The third-order valence-corrected chi connectivity index (χ3v) is 2.74. The molecular formula is C7H13ClO3S. The zero-order valence-electron chi connectivity index (χ0n) is 7.43. The van der Waals surface area contributed by atoms with Gasteiger partial charge in [-0.05, 0) is 12.3 Å². The smallest absolute Gasteiger partial charge is 0.233 e. The van der Waals surface area contributed by atoms with Crippen molar-refractivity contribution in [3.05, 3.63) is 0 Å². The summed E-state index contributed by atoms with van der Waals surface area (Å²) in [5.74, 6) is -0.193. The molecule has 0 saturated carbocycles. The molecule has 0 N–H and O–H groups in total. The molecule has 5 heteroatoms. The van der Waals surface area contributed by atoms with Crippen molar-refractivity contribution in [2.24, 2.45) is 5.41 Å². The summed E-state index contributed by atoms with van der Waals surface area (Å²) in [4.78, 5) is 10.7. The van der Waals surface area contributed by atoms with Crippen LogP contribution in [0.25, 0.3) is 0 Å². The molecule has 0 saturated heterocycles. The number of Topliss-reactive ketones (excluding diaryl/α,β-unsaturated/α-hetero) is 1. The highest BCUT2D eigenvalue weighted by Crippen LogP contribution is 2.24. The van der Waals surface area contributed by atoms with E-state index < -0.39 is 14.5 Å². The maximum atomic E-state index is 10.7. The SMILES string of the molecule is CC(=O)CC(C)(C)CS(=O)(=O)Cl. The van der Waals surface area contributed by atoms with Gasteiger partial charge < -0.3 is 4.79 Å². The number of halogens is 1. The molecule has 0 aromatic carbocycles. The zero-order valence-corrected chi connectivity index (χ0v) is 9.00. The molecule has 0 atom stereocenters. The van der Waals surface area contributed by atoms with E-state index in [9.17, 15) is 13.2 Å². The fraction of sp³-hybridized carbons (Fsp3) is 0.857. The quantitative estimate of drug-likeness (QED) is 0.665. The Labute approximate surface area is 77.5 Å². The van der Waals surface area contributed by atoms with E-state index in [-0.39, 0.29) is 18.0 Å². The molecular weight excluding hydrogens is 200 g/mol. The largest absolute Gasteiger partial charge is 0.300 e. The molecule has 0 aliphatic rings. The van der Waals surface area contributed by atoms with Crippen LogP contribution < -0.4 is 0 Å². The van der Waals surface area contributed by atoms with Crippen LogP contribution in [0.5, 0.6) is 0 Å². The Kier molecular flexibility index (Phi) is 3.72. The minimum atomic E-state index is -3.51. The predicted octanol–water partition coefficient (Wildman–Crippen LogP) is 1.56. The summed E-state index contributed by atoms with van der Waals surface area (Å²) in [6, 6.07) is 0. The number of carbonyl (C=O) groups is 1. The Morgan fingerprint density at radius 1 is 1.42 bits per heavy atom. The van der Waals surface area contributed by atoms with E-state index in [0.29, 0.717) is 0 Å². The van der Waals surface area contributed by atoms with Crippen LogP contribution in [0.4, 0.5) is 0 Å². The fourth-order valence-corrected chi connectivity index (χ4v) is 3.11. The first-order chi connectivity index (χ1) is 5.12. The van der Waals surface area contributed by atoms with Crippen molar-refractivity contribution < 1.29 is 13.2 Å². The first kappa shape index (κ1) is 11.9. The third-order valence-electron chi connectivity index (χ3n) is 1.29. The lowest BCUT2D eigenvalue weighted by Crippen LogP contribution is -2.23. The van der Waals surface area contributed by atoms with Gasteiger partial charge in [0.1, 0.15) is 5.78 Å². The van der Waals surface area contributed by atoms with Crippen LogP contribution in [0, 0.1) is 5.41 Å². The van der Waals surface area contributed by atoms with Gasteiger partial charge >= 0.3 is 0 Å². The monoisotopic (exact) mass is 212 g/mol. The van der Waals surface area contributed by atoms with Gasteiger partial charge in [0.05, 0.1) is 5.75 Å². The minimum Gasteiger partial charge on any atom is -0.300 e. The second-order valence-electron chi connectivity index (χ2n) is 3.73. The van der Waals surface area contributed by atoms with E-state index in [1.165, 1.54) is 6.92 Å². The molecule has 3 nitrogen and oxygen atoms in total. The Morgan fingerprint density at radius 3 is 2.08 bits per heavy atom. The van der Waals surface area contributed by atoms with Crippen molar-refractivity contribution in [3.63, 3.8) is 0 Å². The Morgan fingerprint density at radius 2 is 1.83 bits per heavy atom. The van der Waals surface area contributed by atoms with Crippen LogP contribution in [0.15, 0.2) is 0 Å². The molecule has 0 amide bonds. The van der Waals surface area contributed by atoms with Crippen LogP contribution in [-0.4, -0.2) is 20.0 Å². The number of hydrogen-bond acceptors (Lipinski definition) is 3. The van der Waals surface area contributed by atoms with Crippen molar-refractivity contribution in [1.29, 1.82) is 0 Å². The number of carbonyl (C=O) groups excluding carboxylic acids is 1. The summed E-state index contributed by atoms with van der Waals surface area (Å²) in [5, 5.41) is 0. The van der Waals surface area contributed by atoms with Crippen LogP contribution >= 0.6 is 10.7 Å². The Bertz CT molecular complexity index is 266. The molecule has 12 heavy (non-hydrogen) atoms. The molecule has 0 fully saturated rings. The maximum Gasteiger partial charge on any atom is 0.233 e. The highest BCUT2D eigenvalue weighted by Gasteiger charge is 2.26. The van der Waals surface area contributed by atoms with Gasteiger partial charge in [0.25, 0.3) is 0 Å². The van der Waals surface area contributed by atoms with Crippen LogP contribution in [-0.2, 0) is 13.8 Å². The van der Waals surface area contributed by atoms with E-state index in [2.05, 4.69) is 0 Å². The first-order valence-corrected chi connectivity index (χ1v) is 6.02. The summed E-state index contributed by atoms with van der Waals surface area (Å²) in [5.41, 5.74) is -0.563. The van der Waals surface area contributed by atoms with Gasteiger partial charge in [-0.25, -0.2) is 8.42 Å². The average molecular weight is 213 g/mol. The second kappa shape index (κ2) is 3.75. The summed E-state index contributed by atoms with van der Waals surface area (Å²) >= 11 is 0. The highest BCUT2D eigenvalue weighted by atomic mass is 35.7. The molecule has 0 aliphatic heterocycles. The fourth-order valence-electron chi connectivity index (χ4n) is 1.19.